The lowest BCUT2D eigenvalue weighted by molar-refractivity contribution is 0.307. The molecule has 0 atom stereocenters. The summed E-state index contributed by atoms with van der Waals surface area (Å²) in [4.78, 5) is 0. The standard InChI is InChI=1S/C18H15FO/c1-13-11-16(9-10-18(13)19)20-12-15-7-4-6-14-5-2-3-8-17(14)15/h2-11H,12H2,1H3. The first kappa shape index (κ1) is 12.7. The van der Waals surface area contributed by atoms with Crippen LogP contribution in [0.25, 0.3) is 10.8 Å². The summed E-state index contributed by atoms with van der Waals surface area (Å²) in [6.07, 6.45) is 0. The normalized spacial score (nSPS) is 10.7. The Bertz CT molecular complexity index is 744. The molecule has 3 rings (SSSR count). The number of rotatable bonds is 3. The van der Waals surface area contributed by atoms with E-state index in [2.05, 4.69) is 24.3 Å². The molecule has 0 heterocycles. The van der Waals surface area contributed by atoms with Gasteiger partial charge in [-0.3, -0.25) is 0 Å². The van der Waals surface area contributed by atoms with Crippen molar-refractivity contribution in [1.82, 2.24) is 0 Å². The number of hydrogen-bond donors (Lipinski definition) is 0. The minimum atomic E-state index is -0.206. The highest BCUT2D eigenvalue weighted by Crippen LogP contribution is 2.21. The Morgan fingerprint density at radius 1 is 0.950 bits per heavy atom. The number of halogens is 1. The van der Waals surface area contributed by atoms with Crippen LogP contribution >= 0.6 is 0 Å². The van der Waals surface area contributed by atoms with Crippen LogP contribution in [0.5, 0.6) is 5.75 Å². The van der Waals surface area contributed by atoms with Crippen molar-refractivity contribution in [3.63, 3.8) is 0 Å². The lowest BCUT2D eigenvalue weighted by Crippen LogP contribution is -1.97. The van der Waals surface area contributed by atoms with Crippen molar-refractivity contribution in [2.75, 3.05) is 0 Å². The molecule has 1 nitrogen and oxygen atoms in total. The van der Waals surface area contributed by atoms with Crippen LogP contribution in [-0.4, -0.2) is 0 Å². The molecular formula is C18H15FO. The minimum absolute atomic E-state index is 0.206. The van der Waals surface area contributed by atoms with E-state index in [0.29, 0.717) is 17.9 Å². The summed E-state index contributed by atoms with van der Waals surface area (Å²) in [7, 11) is 0. The topological polar surface area (TPSA) is 9.23 Å². The van der Waals surface area contributed by atoms with E-state index in [0.717, 1.165) is 5.56 Å². The average Bonchev–Trinajstić information content (AvgIpc) is 2.48. The Labute approximate surface area is 117 Å². The predicted molar refractivity (Wildman–Crippen MR) is 79.4 cm³/mol. The monoisotopic (exact) mass is 266 g/mol. The van der Waals surface area contributed by atoms with Gasteiger partial charge in [-0.25, -0.2) is 4.39 Å². The largest absolute Gasteiger partial charge is 0.489 e. The molecule has 0 fully saturated rings. The number of aryl methyl sites for hydroxylation is 1. The Morgan fingerprint density at radius 2 is 1.75 bits per heavy atom. The van der Waals surface area contributed by atoms with E-state index in [1.54, 1.807) is 19.1 Å². The fourth-order valence-corrected chi connectivity index (χ4v) is 2.29. The van der Waals surface area contributed by atoms with Gasteiger partial charge in [-0.05, 0) is 47.0 Å². The number of benzene rings is 3. The van der Waals surface area contributed by atoms with Crippen molar-refractivity contribution in [3.05, 3.63) is 77.6 Å². The number of fused-ring (bicyclic) bond motifs is 1. The molecule has 0 amide bonds. The van der Waals surface area contributed by atoms with E-state index in [9.17, 15) is 4.39 Å². The van der Waals surface area contributed by atoms with Crippen LogP contribution < -0.4 is 4.74 Å². The molecule has 0 saturated carbocycles. The molecule has 0 saturated heterocycles. The summed E-state index contributed by atoms with van der Waals surface area (Å²) >= 11 is 0. The molecule has 0 spiro atoms. The maximum atomic E-state index is 13.2. The third-order valence-electron chi connectivity index (χ3n) is 3.40. The lowest BCUT2D eigenvalue weighted by Gasteiger charge is -2.10. The fraction of sp³-hybridized carbons (Fsp3) is 0.111. The van der Waals surface area contributed by atoms with Crippen LogP contribution in [0.3, 0.4) is 0 Å². The lowest BCUT2D eigenvalue weighted by atomic mass is 10.1. The van der Waals surface area contributed by atoms with E-state index in [4.69, 9.17) is 4.74 Å². The number of hydrogen-bond acceptors (Lipinski definition) is 1. The van der Waals surface area contributed by atoms with Crippen LogP contribution in [0.15, 0.2) is 60.7 Å². The summed E-state index contributed by atoms with van der Waals surface area (Å²) in [6.45, 7) is 2.21. The van der Waals surface area contributed by atoms with Crippen molar-refractivity contribution in [2.45, 2.75) is 13.5 Å². The van der Waals surface area contributed by atoms with Gasteiger partial charge < -0.3 is 4.74 Å². The molecule has 0 unspecified atom stereocenters. The highest BCUT2D eigenvalue weighted by atomic mass is 19.1. The molecule has 20 heavy (non-hydrogen) atoms. The zero-order valence-electron chi connectivity index (χ0n) is 11.3. The van der Waals surface area contributed by atoms with Crippen LogP contribution in [0.2, 0.25) is 0 Å². The quantitative estimate of drug-likeness (QED) is 0.657. The molecule has 0 aliphatic carbocycles. The van der Waals surface area contributed by atoms with Gasteiger partial charge in [0.25, 0.3) is 0 Å². The average molecular weight is 266 g/mol. The van der Waals surface area contributed by atoms with E-state index < -0.39 is 0 Å². The van der Waals surface area contributed by atoms with Gasteiger partial charge in [0.2, 0.25) is 0 Å². The minimum Gasteiger partial charge on any atom is -0.489 e. The van der Waals surface area contributed by atoms with Crippen LogP contribution in [0, 0.1) is 12.7 Å². The van der Waals surface area contributed by atoms with Crippen molar-refractivity contribution >= 4 is 10.8 Å². The van der Waals surface area contributed by atoms with Gasteiger partial charge in [0.05, 0.1) is 0 Å². The number of ether oxygens (including phenoxy) is 1. The zero-order chi connectivity index (χ0) is 13.9. The van der Waals surface area contributed by atoms with Gasteiger partial charge in [-0.15, -0.1) is 0 Å². The second-order valence-electron chi connectivity index (χ2n) is 4.84. The van der Waals surface area contributed by atoms with Gasteiger partial charge in [-0.2, -0.15) is 0 Å². The third kappa shape index (κ3) is 2.50. The smallest absolute Gasteiger partial charge is 0.126 e. The van der Waals surface area contributed by atoms with E-state index >= 15 is 0 Å². The molecule has 2 heteroatoms. The van der Waals surface area contributed by atoms with Crippen molar-refractivity contribution in [2.24, 2.45) is 0 Å². The summed E-state index contributed by atoms with van der Waals surface area (Å²) in [5.41, 5.74) is 1.73. The summed E-state index contributed by atoms with van der Waals surface area (Å²) < 4.78 is 19.0. The Kier molecular flexibility index (Phi) is 3.38. The van der Waals surface area contributed by atoms with E-state index in [-0.39, 0.29) is 5.82 Å². The fourth-order valence-electron chi connectivity index (χ4n) is 2.29. The molecule has 0 bridgehead atoms. The van der Waals surface area contributed by atoms with Crippen molar-refractivity contribution < 1.29 is 9.13 Å². The molecule has 0 aromatic heterocycles. The predicted octanol–water partition coefficient (Wildman–Crippen LogP) is 4.87. The van der Waals surface area contributed by atoms with Gasteiger partial charge in [0, 0.05) is 0 Å². The van der Waals surface area contributed by atoms with Gasteiger partial charge in [0.15, 0.2) is 0 Å². The van der Waals surface area contributed by atoms with Crippen LogP contribution in [0.1, 0.15) is 11.1 Å². The maximum Gasteiger partial charge on any atom is 0.126 e. The summed E-state index contributed by atoms with van der Waals surface area (Å²) in [5, 5.41) is 2.39. The zero-order valence-corrected chi connectivity index (χ0v) is 11.3. The first-order valence-corrected chi connectivity index (χ1v) is 6.59. The highest BCUT2D eigenvalue weighted by Gasteiger charge is 2.03. The Balaban J connectivity index is 1.85. The van der Waals surface area contributed by atoms with Gasteiger partial charge in [0.1, 0.15) is 18.2 Å². The SMILES string of the molecule is Cc1cc(OCc2cccc3ccccc23)ccc1F. The highest BCUT2D eigenvalue weighted by molar-refractivity contribution is 5.85. The molecule has 3 aromatic carbocycles. The molecule has 0 aliphatic heterocycles. The van der Waals surface area contributed by atoms with Gasteiger partial charge in [-0.1, -0.05) is 42.5 Å². The van der Waals surface area contributed by atoms with Gasteiger partial charge >= 0.3 is 0 Å². The van der Waals surface area contributed by atoms with Crippen LogP contribution in [-0.2, 0) is 6.61 Å². The van der Waals surface area contributed by atoms with E-state index in [1.165, 1.54) is 16.8 Å². The maximum absolute atomic E-state index is 13.2. The molecule has 0 N–H and O–H groups in total. The second kappa shape index (κ2) is 5.33. The summed E-state index contributed by atoms with van der Waals surface area (Å²) in [5.74, 6) is 0.486. The van der Waals surface area contributed by atoms with Crippen molar-refractivity contribution in [3.8, 4) is 5.75 Å². The molecular weight excluding hydrogens is 251 g/mol. The third-order valence-corrected chi connectivity index (χ3v) is 3.40. The second-order valence-corrected chi connectivity index (χ2v) is 4.84. The van der Waals surface area contributed by atoms with E-state index in [1.807, 2.05) is 18.2 Å². The first-order valence-electron chi connectivity index (χ1n) is 6.59. The van der Waals surface area contributed by atoms with Crippen molar-refractivity contribution in [1.29, 1.82) is 0 Å². The Hall–Kier alpha value is -2.35. The molecule has 3 aromatic rings. The first-order chi connectivity index (χ1) is 9.74. The molecule has 0 radical (unpaired) electrons. The summed E-state index contributed by atoms with van der Waals surface area (Å²) in [6, 6.07) is 19.2. The van der Waals surface area contributed by atoms with Crippen LogP contribution in [0.4, 0.5) is 4.39 Å². The Morgan fingerprint density at radius 3 is 2.60 bits per heavy atom. The molecule has 0 aliphatic rings. The molecule has 100 valence electrons.